The predicted molar refractivity (Wildman–Crippen MR) is 125 cm³/mol. The molecule has 1 aliphatic rings. The molecule has 0 radical (unpaired) electrons. The molecule has 4 rings (SSSR count). The summed E-state index contributed by atoms with van der Waals surface area (Å²) < 4.78 is 41.0. The monoisotopic (exact) mass is 467 g/mol. The summed E-state index contributed by atoms with van der Waals surface area (Å²) in [5, 5.41) is 6.07. The summed E-state index contributed by atoms with van der Waals surface area (Å²) in [6.45, 7) is 1.89. The number of nitrogens with one attached hydrogen (secondary N) is 2. The normalized spacial score (nSPS) is 16.1. The van der Waals surface area contributed by atoms with E-state index in [1.807, 2.05) is 43.3 Å². The van der Waals surface area contributed by atoms with Crippen LogP contribution >= 0.6 is 0 Å². The maximum Gasteiger partial charge on any atom is 0.416 e. The van der Waals surface area contributed by atoms with Crippen molar-refractivity contribution in [1.82, 2.24) is 15.6 Å². The summed E-state index contributed by atoms with van der Waals surface area (Å²) in [6, 6.07) is 17.8. The first-order chi connectivity index (χ1) is 16.3. The van der Waals surface area contributed by atoms with Crippen LogP contribution in [-0.4, -0.2) is 17.1 Å². The zero-order valence-electron chi connectivity index (χ0n) is 19.0. The topological polar surface area (TPSA) is 54.0 Å². The number of benzene rings is 2. The molecule has 1 aliphatic carbocycles. The van der Waals surface area contributed by atoms with Crippen molar-refractivity contribution in [2.75, 3.05) is 0 Å². The number of halogens is 3. The minimum atomic E-state index is -4.51. The van der Waals surface area contributed by atoms with Crippen molar-refractivity contribution in [3.05, 3.63) is 101 Å². The highest BCUT2D eigenvalue weighted by Crippen LogP contribution is 2.37. The van der Waals surface area contributed by atoms with Gasteiger partial charge in [0, 0.05) is 18.7 Å². The van der Waals surface area contributed by atoms with E-state index in [0.29, 0.717) is 11.3 Å². The molecule has 178 valence electrons. The molecule has 2 N–H and O–H groups in total. The van der Waals surface area contributed by atoms with Crippen molar-refractivity contribution >= 4 is 6.03 Å². The minimum absolute atomic E-state index is 0.0573. The van der Waals surface area contributed by atoms with E-state index < -0.39 is 23.3 Å². The number of pyridine rings is 1. The van der Waals surface area contributed by atoms with Gasteiger partial charge in [-0.2, -0.15) is 13.2 Å². The lowest BCUT2D eigenvalue weighted by atomic mass is 9.79. The molecule has 1 saturated carbocycles. The van der Waals surface area contributed by atoms with E-state index in [-0.39, 0.29) is 12.5 Å². The van der Waals surface area contributed by atoms with Crippen LogP contribution in [-0.2, 0) is 18.1 Å². The molecule has 3 aromatic rings. The van der Waals surface area contributed by atoms with Crippen LogP contribution in [0.1, 0.15) is 53.6 Å². The number of carbonyl (C=O) groups is 1. The highest BCUT2D eigenvalue weighted by Gasteiger charge is 2.40. The number of aromatic nitrogens is 1. The number of amides is 2. The van der Waals surface area contributed by atoms with Crippen molar-refractivity contribution in [2.24, 2.45) is 0 Å². The Balaban J connectivity index is 1.85. The Morgan fingerprint density at radius 3 is 2.32 bits per heavy atom. The maximum atomic E-state index is 13.7. The third kappa shape index (κ3) is 5.41. The van der Waals surface area contributed by atoms with E-state index in [1.165, 1.54) is 6.07 Å². The average molecular weight is 468 g/mol. The fraction of sp³-hybridized carbons (Fsp3) is 0.333. The molecule has 1 atom stereocenters. The maximum absolute atomic E-state index is 13.7. The van der Waals surface area contributed by atoms with Gasteiger partial charge in [0.15, 0.2) is 0 Å². The third-order valence-electron chi connectivity index (χ3n) is 6.36. The summed E-state index contributed by atoms with van der Waals surface area (Å²) in [5.41, 5.74) is 0.499. The zero-order valence-corrected chi connectivity index (χ0v) is 19.0. The van der Waals surface area contributed by atoms with E-state index in [9.17, 15) is 18.0 Å². The van der Waals surface area contributed by atoms with Crippen LogP contribution in [0.15, 0.2) is 72.9 Å². The van der Waals surface area contributed by atoms with Gasteiger partial charge in [-0.3, -0.25) is 4.98 Å². The van der Waals surface area contributed by atoms with Crippen molar-refractivity contribution < 1.29 is 18.0 Å². The molecule has 0 saturated heterocycles. The van der Waals surface area contributed by atoms with Crippen LogP contribution < -0.4 is 10.6 Å². The number of hydrogen-bond acceptors (Lipinski definition) is 2. The molecule has 1 heterocycles. The number of hydrogen-bond donors (Lipinski definition) is 2. The van der Waals surface area contributed by atoms with Gasteiger partial charge in [0.05, 0.1) is 11.3 Å². The highest BCUT2D eigenvalue weighted by atomic mass is 19.4. The van der Waals surface area contributed by atoms with E-state index in [0.717, 1.165) is 48.9 Å². The van der Waals surface area contributed by atoms with Crippen molar-refractivity contribution in [3.63, 3.8) is 0 Å². The molecule has 1 fully saturated rings. The lowest BCUT2D eigenvalue weighted by molar-refractivity contribution is -0.137. The summed E-state index contributed by atoms with van der Waals surface area (Å²) in [5.74, 6) is 0. The van der Waals surface area contributed by atoms with E-state index >= 15 is 0 Å². The Morgan fingerprint density at radius 1 is 0.971 bits per heavy atom. The molecule has 1 unspecified atom stereocenters. The number of aryl methyl sites for hydroxylation is 1. The smallest absolute Gasteiger partial charge is 0.335 e. The van der Waals surface area contributed by atoms with Crippen LogP contribution in [0.4, 0.5) is 18.0 Å². The highest BCUT2D eigenvalue weighted by molar-refractivity contribution is 5.76. The second kappa shape index (κ2) is 9.87. The van der Waals surface area contributed by atoms with Gasteiger partial charge < -0.3 is 10.6 Å². The number of alkyl halides is 3. The van der Waals surface area contributed by atoms with Gasteiger partial charge in [0.25, 0.3) is 0 Å². The van der Waals surface area contributed by atoms with Crippen LogP contribution in [0, 0.1) is 6.92 Å². The lowest BCUT2D eigenvalue weighted by Crippen LogP contribution is -2.54. The number of nitrogens with zero attached hydrogens (tertiary/aromatic N) is 1. The first kappa shape index (κ1) is 23.8. The Hall–Kier alpha value is -3.35. The number of carbonyl (C=O) groups excluding carboxylic acids is 1. The quantitative estimate of drug-likeness (QED) is 0.458. The van der Waals surface area contributed by atoms with Gasteiger partial charge in [0.2, 0.25) is 0 Å². The Morgan fingerprint density at radius 2 is 1.68 bits per heavy atom. The van der Waals surface area contributed by atoms with Crippen LogP contribution in [0.3, 0.4) is 0 Å². The SMILES string of the molecule is Cc1ccc(C(Cc2ccccc2)(NC(=O)NC2CCCC2)c2cccc(C(F)(F)F)c2)nc1. The van der Waals surface area contributed by atoms with E-state index in [2.05, 4.69) is 15.6 Å². The zero-order chi connectivity index (χ0) is 24.2. The first-order valence-electron chi connectivity index (χ1n) is 11.5. The van der Waals surface area contributed by atoms with Crippen LogP contribution in [0.25, 0.3) is 0 Å². The summed E-state index contributed by atoms with van der Waals surface area (Å²) in [6.07, 6.45) is 1.28. The molecule has 1 aromatic heterocycles. The first-order valence-corrected chi connectivity index (χ1v) is 11.5. The molecular weight excluding hydrogens is 439 g/mol. The van der Waals surface area contributed by atoms with Crippen LogP contribution in [0.5, 0.6) is 0 Å². The number of rotatable bonds is 6. The van der Waals surface area contributed by atoms with Gasteiger partial charge in [0.1, 0.15) is 5.54 Å². The molecule has 2 amide bonds. The summed E-state index contributed by atoms with van der Waals surface area (Å²) in [4.78, 5) is 17.8. The van der Waals surface area contributed by atoms with E-state index in [1.54, 1.807) is 18.3 Å². The van der Waals surface area contributed by atoms with Crippen molar-refractivity contribution in [2.45, 2.75) is 56.8 Å². The Bertz CT molecular complexity index is 1110. The van der Waals surface area contributed by atoms with Gasteiger partial charge in [-0.25, -0.2) is 4.79 Å². The molecule has 4 nitrogen and oxygen atoms in total. The number of urea groups is 1. The van der Waals surface area contributed by atoms with Gasteiger partial charge in [-0.1, -0.05) is 61.4 Å². The Kier molecular flexibility index (Phi) is 6.91. The van der Waals surface area contributed by atoms with Gasteiger partial charge in [-0.15, -0.1) is 0 Å². The van der Waals surface area contributed by atoms with Gasteiger partial charge in [-0.05, 0) is 54.7 Å². The largest absolute Gasteiger partial charge is 0.416 e. The third-order valence-corrected chi connectivity index (χ3v) is 6.36. The van der Waals surface area contributed by atoms with Gasteiger partial charge >= 0.3 is 12.2 Å². The summed E-state index contributed by atoms with van der Waals surface area (Å²) in [7, 11) is 0. The molecule has 2 aromatic carbocycles. The molecule has 0 bridgehead atoms. The fourth-order valence-corrected chi connectivity index (χ4v) is 4.59. The minimum Gasteiger partial charge on any atom is -0.335 e. The standard InChI is InChI=1S/C27H28F3N3O/c1-19-14-15-24(31-18-19)26(17-20-8-3-2-4-9-20,33-25(34)32-23-12-5-6-13-23)21-10-7-11-22(16-21)27(28,29)30/h2-4,7-11,14-16,18,23H,5-6,12-13,17H2,1H3,(H2,32,33,34). The molecule has 0 aliphatic heterocycles. The lowest BCUT2D eigenvalue weighted by Gasteiger charge is -2.36. The average Bonchev–Trinajstić information content (AvgIpc) is 3.32. The molecule has 7 heteroatoms. The molecular formula is C27H28F3N3O. The second-order valence-corrected chi connectivity index (χ2v) is 8.95. The molecule has 34 heavy (non-hydrogen) atoms. The van der Waals surface area contributed by atoms with Crippen LogP contribution in [0.2, 0.25) is 0 Å². The fourth-order valence-electron chi connectivity index (χ4n) is 4.59. The Labute approximate surface area is 197 Å². The second-order valence-electron chi connectivity index (χ2n) is 8.95. The predicted octanol–water partition coefficient (Wildman–Crippen LogP) is 6.14. The van der Waals surface area contributed by atoms with Crippen molar-refractivity contribution in [3.8, 4) is 0 Å². The molecule has 0 spiro atoms. The van der Waals surface area contributed by atoms with Crippen molar-refractivity contribution in [1.29, 1.82) is 0 Å². The summed E-state index contributed by atoms with van der Waals surface area (Å²) >= 11 is 0. The van der Waals surface area contributed by atoms with E-state index in [4.69, 9.17) is 0 Å².